The van der Waals surface area contributed by atoms with E-state index in [1.165, 1.54) is 12.1 Å². The molecule has 0 saturated heterocycles. The van der Waals surface area contributed by atoms with E-state index in [0.29, 0.717) is 11.4 Å². The minimum atomic E-state index is -0.431. The lowest BCUT2D eigenvalue weighted by Crippen LogP contribution is -2.07. The van der Waals surface area contributed by atoms with Crippen LogP contribution < -0.4 is 16.8 Å². The topological polar surface area (TPSA) is 133 Å². The molecule has 8 heteroatoms. The van der Waals surface area contributed by atoms with Gasteiger partial charge in [-0.3, -0.25) is 10.1 Å². The third kappa shape index (κ3) is 3.06. The van der Waals surface area contributed by atoms with Gasteiger partial charge in [0.1, 0.15) is 11.6 Å². The van der Waals surface area contributed by atoms with Crippen LogP contribution in [0.5, 0.6) is 0 Å². The zero-order chi connectivity index (χ0) is 13.8. The number of hydrogen-bond donors (Lipinski definition) is 3. The molecule has 0 amide bonds. The number of nitrogens with two attached hydrogens (primary N) is 2. The van der Waals surface area contributed by atoms with Crippen molar-refractivity contribution < 1.29 is 4.92 Å². The summed E-state index contributed by atoms with van der Waals surface area (Å²) in [5.74, 6) is 0.700. The van der Waals surface area contributed by atoms with Crippen molar-refractivity contribution in [3.05, 3.63) is 46.0 Å². The number of nitro groups is 1. The summed E-state index contributed by atoms with van der Waals surface area (Å²) >= 11 is 0. The van der Waals surface area contributed by atoms with E-state index >= 15 is 0 Å². The molecule has 0 aliphatic rings. The molecule has 19 heavy (non-hydrogen) atoms. The van der Waals surface area contributed by atoms with Gasteiger partial charge < -0.3 is 16.8 Å². The maximum atomic E-state index is 10.9. The van der Waals surface area contributed by atoms with Crippen LogP contribution in [0.1, 0.15) is 5.56 Å². The first-order valence-electron chi connectivity index (χ1n) is 5.42. The van der Waals surface area contributed by atoms with Gasteiger partial charge in [-0.05, 0) is 0 Å². The molecule has 0 spiro atoms. The molecule has 0 aliphatic carbocycles. The number of nitro benzene ring substituents is 1. The van der Waals surface area contributed by atoms with Crippen LogP contribution in [0.4, 0.5) is 23.3 Å². The third-order valence-electron chi connectivity index (χ3n) is 2.41. The number of nitrogen functional groups attached to an aromatic ring is 2. The fraction of sp³-hybridized carbons (Fsp3) is 0.0909. The summed E-state index contributed by atoms with van der Waals surface area (Å²) in [6, 6.07) is 7.96. The quantitative estimate of drug-likeness (QED) is 0.554. The lowest BCUT2D eigenvalue weighted by atomic mass is 10.2. The molecule has 1 aromatic heterocycles. The van der Waals surface area contributed by atoms with Crippen LogP contribution in [0.25, 0.3) is 0 Å². The summed E-state index contributed by atoms with van der Waals surface area (Å²) in [7, 11) is 0. The molecule has 0 saturated carbocycles. The van der Waals surface area contributed by atoms with E-state index in [0.717, 1.165) is 0 Å². The number of nitrogens with one attached hydrogen (secondary N) is 1. The summed E-state index contributed by atoms with van der Waals surface area (Å²) in [6.07, 6.45) is 0. The first kappa shape index (κ1) is 12.6. The Hall–Kier alpha value is -2.90. The molecular weight excluding hydrogens is 248 g/mol. The van der Waals surface area contributed by atoms with Crippen LogP contribution in [0.2, 0.25) is 0 Å². The van der Waals surface area contributed by atoms with Crippen LogP contribution in [-0.2, 0) is 6.54 Å². The first-order valence-corrected chi connectivity index (χ1v) is 5.42. The zero-order valence-electron chi connectivity index (χ0n) is 9.91. The molecule has 0 bridgehead atoms. The normalized spacial score (nSPS) is 10.1. The molecule has 2 rings (SSSR count). The fourth-order valence-corrected chi connectivity index (χ4v) is 1.60. The summed E-state index contributed by atoms with van der Waals surface area (Å²) in [6.45, 7) is 0.243. The van der Waals surface area contributed by atoms with E-state index in [2.05, 4.69) is 15.3 Å². The van der Waals surface area contributed by atoms with Crippen molar-refractivity contribution in [3.8, 4) is 0 Å². The Morgan fingerprint density at radius 2 is 2.00 bits per heavy atom. The van der Waals surface area contributed by atoms with Gasteiger partial charge in [-0.25, -0.2) is 0 Å². The van der Waals surface area contributed by atoms with Crippen LogP contribution in [0.3, 0.4) is 0 Å². The summed E-state index contributed by atoms with van der Waals surface area (Å²) in [5.41, 5.74) is 11.6. The van der Waals surface area contributed by atoms with Crippen molar-refractivity contribution in [1.82, 2.24) is 9.97 Å². The second-order valence-corrected chi connectivity index (χ2v) is 3.78. The number of aromatic nitrogens is 2. The number of hydrogen-bond acceptors (Lipinski definition) is 7. The maximum Gasteiger partial charge on any atom is 0.274 e. The average molecular weight is 260 g/mol. The number of para-hydroxylation sites is 1. The fourth-order valence-electron chi connectivity index (χ4n) is 1.60. The summed E-state index contributed by atoms with van der Waals surface area (Å²) in [4.78, 5) is 18.1. The smallest absolute Gasteiger partial charge is 0.274 e. The standard InChI is InChI=1S/C11H12N6O2/c12-9-5-10(16-11(13)15-9)14-6-7-3-1-2-4-8(7)17(18)19/h1-5H,6H2,(H5,12,13,14,15,16). The van der Waals surface area contributed by atoms with Gasteiger partial charge in [0.2, 0.25) is 5.95 Å². The SMILES string of the molecule is Nc1cc(NCc2ccccc2[N+](=O)[O-])nc(N)n1. The van der Waals surface area contributed by atoms with Gasteiger partial charge in [-0.15, -0.1) is 0 Å². The van der Waals surface area contributed by atoms with E-state index in [1.807, 2.05) is 0 Å². The molecule has 0 unspecified atom stereocenters. The average Bonchev–Trinajstić information content (AvgIpc) is 2.35. The second kappa shape index (κ2) is 5.17. The molecule has 2 aromatic rings. The Bertz CT molecular complexity index is 596. The lowest BCUT2D eigenvalue weighted by molar-refractivity contribution is -0.385. The first-order chi connectivity index (χ1) is 9.06. The molecule has 0 atom stereocenters. The molecule has 98 valence electrons. The van der Waals surface area contributed by atoms with Gasteiger partial charge in [0.05, 0.1) is 4.92 Å². The van der Waals surface area contributed by atoms with Gasteiger partial charge in [0, 0.05) is 24.2 Å². The monoisotopic (exact) mass is 260 g/mol. The second-order valence-electron chi connectivity index (χ2n) is 3.78. The highest BCUT2D eigenvalue weighted by Gasteiger charge is 2.12. The number of nitrogens with zero attached hydrogens (tertiary/aromatic N) is 3. The number of anilines is 3. The van der Waals surface area contributed by atoms with Crippen molar-refractivity contribution in [3.63, 3.8) is 0 Å². The molecule has 1 heterocycles. The highest BCUT2D eigenvalue weighted by molar-refractivity contribution is 5.50. The number of rotatable bonds is 4. The van der Waals surface area contributed by atoms with Gasteiger partial charge in [0.25, 0.3) is 5.69 Å². The lowest BCUT2D eigenvalue weighted by Gasteiger charge is -2.07. The Labute approximate surface area is 108 Å². The summed E-state index contributed by atoms with van der Waals surface area (Å²) < 4.78 is 0. The predicted octanol–water partition coefficient (Wildman–Crippen LogP) is 1.16. The molecule has 8 nitrogen and oxygen atoms in total. The van der Waals surface area contributed by atoms with E-state index in [4.69, 9.17) is 11.5 Å². The van der Waals surface area contributed by atoms with E-state index in [-0.39, 0.29) is 24.0 Å². The third-order valence-corrected chi connectivity index (χ3v) is 2.41. The Morgan fingerprint density at radius 1 is 1.26 bits per heavy atom. The van der Waals surface area contributed by atoms with E-state index in [1.54, 1.807) is 18.2 Å². The van der Waals surface area contributed by atoms with Crippen molar-refractivity contribution in [2.45, 2.75) is 6.54 Å². The molecule has 0 fully saturated rings. The number of benzene rings is 1. The Kier molecular flexibility index (Phi) is 3.42. The summed E-state index contributed by atoms with van der Waals surface area (Å²) in [5, 5.41) is 13.8. The highest BCUT2D eigenvalue weighted by Crippen LogP contribution is 2.19. The van der Waals surface area contributed by atoms with Crippen LogP contribution in [0.15, 0.2) is 30.3 Å². The zero-order valence-corrected chi connectivity index (χ0v) is 9.91. The van der Waals surface area contributed by atoms with Crippen molar-refractivity contribution in [2.24, 2.45) is 0 Å². The minimum Gasteiger partial charge on any atom is -0.383 e. The minimum absolute atomic E-state index is 0.0463. The van der Waals surface area contributed by atoms with Gasteiger partial charge in [-0.2, -0.15) is 9.97 Å². The van der Waals surface area contributed by atoms with Gasteiger partial charge >= 0.3 is 0 Å². The van der Waals surface area contributed by atoms with Crippen LogP contribution in [0, 0.1) is 10.1 Å². The van der Waals surface area contributed by atoms with Crippen LogP contribution >= 0.6 is 0 Å². The molecular formula is C11H12N6O2. The van der Waals surface area contributed by atoms with Gasteiger partial charge in [-0.1, -0.05) is 18.2 Å². The van der Waals surface area contributed by atoms with Gasteiger partial charge in [0.15, 0.2) is 0 Å². The largest absolute Gasteiger partial charge is 0.383 e. The van der Waals surface area contributed by atoms with Crippen molar-refractivity contribution >= 4 is 23.3 Å². The predicted molar refractivity (Wildman–Crippen MR) is 71.3 cm³/mol. The van der Waals surface area contributed by atoms with E-state index in [9.17, 15) is 10.1 Å². The van der Waals surface area contributed by atoms with Crippen LogP contribution in [-0.4, -0.2) is 14.9 Å². The molecule has 0 radical (unpaired) electrons. The maximum absolute atomic E-state index is 10.9. The molecule has 5 N–H and O–H groups in total. The Morgan fingerprint density at radius 3 is 2.68 bits per heavy atom. The molecule has 0 aliphatic heterocycles. The van der Waals surface area contributed by atoms with E-state index < -0.39 is 4.92 Å². The molecule has 1 aromatic carbocycles. The Balaban J connectivity index is 2.16. The van der Waals surface area contributed by atoms with Crippen molar-refractivity contribution in [2.75, 3.05) is 16.8 Å². The van der Waals surface area contributed by atoms with Crippen molar-refractivity contribution in [1.29, 1.82) is 0 Å². The highest BCUT2D eigenvalue weighted by atomic mass is 16.6.